The van der Waals surface area contributed by atoms with Crippen molar-refractivity contribution in [3.63, 3.8) is 0 Å². The van der Waals surface area contributed by atoms with Crippen molar-refractivity contribution in [2.45, 2.75) is 39.3 Å². The highest BCUT2D eigenvalue weighted by Crippen LogP contribution is 2.12. The van der Waals surface area contributed by atoms with Crippen molar-refractivity contribution in [3.8, 4) is 0 Å². The maximum atomic E-state index is 6.03. The number of aryl methyl sites for hydroxylation is 1. The van der Waals surface area contributed by atoms with Crippen LogP contribution >= 0.6 is 0 Å². The van der Waals surface area contributed by atoms with Gasteiger partial charge >= 0.3 is 0 Å². The van der Waals surface area contributed by atoms with Crippen molar-refractivity contribution >= 4 is 0 Å². The Morgan fingerprint density at radius 1 is 1.53 bits per heavy atom. The molecule has 0 fully saturated rings. The van der Waals surface area contributed by atoms with Crippen LogP contribution in [-0.4, -0.2) is 28.2 Å². The van der Waals surface area contributed by atoms with Gasteiger partial charge < -0.3 is 10.5 Å². The summed E-state index contributed by atoms with van der Waals surface area (Å²) in [4.78, 5) is 0. The number of hydrogen-bond acceptors (Lipinski definition) is 4. The Morgan fingerprint density at radius 3 is 3.00 bits per heavy atom. The Kier molecular flexibility index (Phi) is 5.28. The normalized spacial score (nSPS) is 13.0. The van der Waals surface area contributed by atoms with E-state index in [-0.39, 0.29) is 6.04 Å². The lowest BCUT2D eigenvalue weighted by Gasteiger charge is -2.12. The van der Waals surface area contributed by atoms with Crippen LogP contribution in [-0.2, 0) is 11.3 Å². The van der Waals surface area contributed by atoms with Crippen LogP contribution < -0.4 is 5.73 Å². The van der Waals surface area contributed by atoms with Crippen molar-refractivity contribution in [2.75, 3.05) is 13.2 Å². The summed E-state index contributed by atoms with van der Waals surface area (Å²) in [5.41, 5.74) is 7.03. The zero-order valence-corrected chi connectivity index (χ0v) is 9.52. The largest absolute Gasteiger partial charge is 0.382 e. The number of aromatic nitrogens is 3. The Morgan fingerprint density at radius 2 is 2.33 bits per heavy atom. The number of nitrogens with two attached hydrogens (primary N) is 1. The molecule has 0 amide bonds. The lowest BCUT2D eigenvalue weighted by molar-refractivity contribution is 0.139. The molecule has 5 nitrogen and oxygen atoms in total. The van der Waals surface area contributed by atoms with Crippen LogP contribution in [0.3, 0.4) is 0 Å². The fourth-order valence-electron chi connectivity index (χ4n) is 1.44. The first-order valence-electron chi connectivity index (χ1n) is 5.51. The Balaban J connectivity index is 2.48. The summed E-state index contributed by atoms with van der Waals surface area (Å²) in [6.07, 6.45) is 3.59. The Bertz CT molecular complexity index is 274. The first-order chi connectivity index (χ1) is 7.29. The zero-order chi connectivity index (χ0) is 11.1. The molecule has 1 aromatic rings. The summed E-state index contributed by atoms with van der Waals surface area (Å²) < 4.78 is 7.14. The fraction of sp³-hybridized carbons (Fsp3) is 0.800. The molecule has 1 rings (SSSR count). The first-order valence-corrected chi connectivity index (χ1v) is 5.51. The predicted octanol–water partition coefficient (Wildman–Crippen LogP) is 1.11. The molecule has 15 heavy (non-hydrogen) atoms. The minimum Gasteiger partial charge on any atom is -0.382 e. The molecule has 0 aliphatic heterocycles. The van der Waals surface area contributed by atoms with Gasteiger partial charge in [-0.05, 0) is 19.8 Å². The quantitative estimate of drug-likeness (QED) is 0.688. The van der Waals surface area contributed by atoms with Gasteiger partial charge in [0.05, 0.1) is 17.9 Å². The van der Waals surface area contributed by atoms with E-state index in [1.165, 1.54) is 0 Å². The highest BCUT2D eigenvalue weighted by Gasteiger charge is 2.11. The van der Waals surface area contributed by atoms with Gasteiger partial charge in [0, 0.05) is 19.8 Å². The molecule has 1 heterocycles. The van der Waals surface area contributed by atoms with Gasteiger partial charge in [-0.25, -0.2) is 4.68 Å². The molecule has 0 aromatic carbocycles. The molecule has 5 heteroatoms. The SMILES string of the molecule is CCCn1nncc1C(N)CCOCC. The number of nitrogens with zero attached hydrogens (tertiary/aromatic N) is 3. The summed E-state index contributed by atoms with van der Waals surface area (Å²) in [5, 5.41) is 7.88. The second kappa shape index (κ2) is 6.53. The van der Waals surface area contributed by atoms with Gasteiger partial charge in [-0.3, -0.25) is 0 Å². The van der Waals surface area contributed by atoms with Crippen molar-refractivity contribution in [1.82, 2.24) is 15.0 Å². The monoisotopic (exact) mass is 212 g/mol. The van der Waals surface area contributed by atoms with E-state index in [1.807, 2.05) is 11.6 Å². The van der Waals surface area contributed by atoms with Gasteiger partial charge in [0.1, 0.15) is 0 Å². The second-order valence-corrected chi connectivity index (χ2v) is 3.47. The van der Waals surface area contributed by atoms with Crippen molar-refractivity contribution in [1.29, 1.82) is 0 Å². The molecular weight excluding hydrogens is 192 g/mol. The van der Waals surface area contributed by atoms with Gasteiger partial charge in [0.2, 0.25) is 0 Å². The summed E-state index contributed by atoms with van der Waals surface area (Å²) in [6, 6.07) is -0.0295. The minimum absolute atomic E-state index is 0.0295. The van der Waals surface area contributed by atoms with Gasteiger partial charge in [-0.15, -0.1) is 5.10 Å². The van der Waals surface area contributed by atoms with Crippen LogP contribution in [0.25, 0.3) is 0 Å². The third-order valence-corrected chi connectivity index (χ3v) is 2.24. The molecule has 0 aliphatic carbocycles. The maximum Gasteiger partial charge on any atom is 0.0755 e. The highest BCUT2D eigenvalue weighted by atomic mass is 16.5. The van der Waals surface area contributed by atoms with Gasteiger partial charge in [0.25, 0.3) is 0 Å². The lowest BCUT2D eigenvalue weighted by atomic mass is 10.2. The molecule has 0 bridgehead atoms. The molecule has 1 aromatic heterocycles. The Labute approximate surface area is 90.6 Å². The van der Waals surface area contributed by atoms with Crippen LogP contribution in [0.1, 0.15) is 38.4 Å². The molecule has 0 saturated carbocycles. The summed E-state index contributed by atoms with van der Waals surface area (Å²) >= 11 is 0. The lowest BCUT2D eigenvalue weighted by Crippen LogP contribution is -2.18. The van der Waals surface area contributed by atoms with E-state index in [1.54, 1.807) is 6.20 Å². The molecule has 0 spiro atoms. The van der Waals surface area contributed by atoms with Crippen LogP contribution in [0.2, 0.25) is 0 Å². The van der Waals surface area contributed by atoms with Crippen molar-refractivity contribution in [2.24, 2.45) is 5.73 Å². The van der Waals surface area contributed by atoms with E-state index in [2.05, 4.69) is 17.2 Å². The first kappa shape index (κ1) is 12.1. The fourth-order valence-corrected chi connectivity index (χ4v) is 1.44. The minimum atomic E-state index is -0.0295. The third kappa shape index (κ3) is 3.60. The van der Waals surface area contributed by atoms with E-state index in [4.69, 9.17) is 10.5 Å². The zero-order valence-electron chi connectivity index (χ0n) is 9.52. The van der Waals surface area contributed by atoms with Crippen molar-refractivity contribution < 1.29 is 4.74 Å². The van der Waals surface area contributed by atoms with E-state index < -0.39 is 0 Å². The smallest absolute Gasteiger partial charge is 0.0755 e. The summed E-state index contributed by atoms with van der Waals surface area (Å²) in [7, 11) is 0. The van der Waals surface area contributed by atoms with Crippen LogP contribution in [0.15, 0.2) is 6.20 Å². The standard InChI is InChI=1S/C10H20N4O/c1-3-6-14-10(8-12-13-14)9(11)5-7-15-4-2/h8-9H,3-7,11H2,1-2H3. The number of rotatable bonds is 7. The van der Waals surface area contributed by atoms with Gasteiger partial charge in [0.15, 0.2) is 0 Å². The average molecular weight is 212 g/mol. The van der Waals surface area contributed by atoms with Crippen LogP contribution in [0.4, 0.5) is 0 Å². The topological polar surface area (TPSA) is 66.0 Å². The molecule has 86 valence electrons. The van der Waals surface area contributed by atoms with E-state index in [9.17, 15) is 0 Å². The maximum absolute atomic E-state index is 6.03. The highest BCUT2D eigenvalue weighted by molar-refractivity contribution is 5.00. The van der Waals surface area contributed by atoms with Crippen LogP contribution in [0, 0.1) is 0 Å². The summed E-state index contributed by atoms with van der Waals surface area (Å²) in [6.45, 7) is 6.39. The van der Waals surface area contributed by atoms with Gasteiger partial charge in [-0.2, -0.15) is 0 Å². The van der Waals surface area contributed by atoms with Crippen molar-refractivity contribution in [3.05, 3.63) is 11.9 Å². The predicted molar refractivity (Wildman–Crippen MR) is 58.4 cm³/mol. The molecule has 2 N–H and O–H groups in total. The number of hydrogen-bond donors (Lipinski definition) is 1. The number of ether oxygens (including phenoxy) is 1. The summed E-state index contributed by atoms with van der Waals surface area (Å²) in [5.74, 6) is 0. The van der Waals surface area contributed by atoms with Crippen LogP contribution in [0.5, 0.6) is 0 Å². The van der Waals surface area contributed by atoms with Gasteiger partial charge in [-0.1, -0.05) is 12.1 Å². The van der Waals surface area contributed by atoms with E-state index in [0.29, 0.717) is 6.61 Å². The molecule has 1 unspecified atom stereocenters. The Hall–Kier alpha value is -0.940. The third-order valence-electron chi connectivity index (χ3n) is 2.24. The molecule has 0 radical (unpaired) electrons. The molecular formula is C10H20N4O. The molecule has 0 saturated heterocycles. The second-order valence-electron chi connectivity index (χ2n) is 3.47. The average Bonchev–Trinajstić information content (AvgIpc) is 2.67. The van der Waals surface area contributed by atoms with E-state index in [0.717, 1.165) is 31.7 Å². The molecule has 1 atom stereocenters. The van der Waals surface area contributed by atoms with E-state index >= 15 is 0 Å². The molecule has 0 aliphatic rings.